The van der Waals surface area contributed by atoms with Crippen molar-refractivity contribution < 1.29 is 0 Å². The van der Waals surface area contributed by atoms with E-state index in [1.165, 1.54) is 25.9 Å². The fourth-order valence-corrected chi connectivity index (χ4v) is 3.99. The lowest BCUT2D eigenvalue weighted by Crippen LogP contribution is -2.32. The van der Waals surface area contributed by atoms with Crippen molar-refractivity contribution in [1.82, 2.24) is 5.32 Å². The summed E-state index contributed by atoms with van der Waals surface area (Å²) in [5, 5.41) is 3.57. The molecule has 0 aromatic heterocycles. The van der Waals surface area contributed by atoms with Crippen molar-refractivity contribution in [3.05, 3.63) is 0 Å². The Hall–Kier alpha value is -0.0400. The van der Waals surface area contributed by atoms with Crippen LogP contribution in [-0.2, 0) is 0 Å². The highest BCUT2D eigenvalue weighted by molar-refractivity contribution is 5.08. The molecule has 0 aromatic carbocycles. The number of nitrogens with one attached hydrogen (secondary N) is 1. The summed E-state index contributed by atoms with van der Waals surface area (Å²) in [6, 6.07) is 0. The van der Waals surface area contributed by atoms with Gasteiger partial charge in [0, 0.05) is 6.54 Å². The third-order valence-electron chi connectivity index (χ3n) is 4.69. The third-order valence-corrected chi connectivity index (χ3v) is 4.69. The summed E-state index contributed by atoms with van der Waals surface area (Å²) in [6.07, 6.45) is 4.62. The van der Waals surface area contributed by atoms with Crippen LogP contribution in [0.15, 0.2) is 0 Å². The van der Waals surface area contributed by atoms with E-state index in [-0.39, 0.29) is 0 Å². The molecule has 1 N–H and O–H groups in total. The fraction of sp³-hybridized carbons (Fsp3) is 1.00. The van der Waals surface area contributed by atoms with E-state index in [1.807, 2.05) is 0 Å². The Morgan fingerprint density at radius 2 is 2.27 bits per heavy atom. The molecule has 1 saturated heterocycles. The van der Waals surface area contributed by atoms with Gasteiger partial charge in [0.15, 0.2) is 0 Å². The average molecular weight is 151 g/mol. The lowest BCUT2D eigenvalue weighted by Gasteiger charge is -2.34. The Labute approximate surface area is 68.6 Å². The van der Waals surface area contributed by atoms with Crippen molar-refractivity contribution >= 4 is 0 Å². The molecule has 4 atom stereocenters. The van der Waals surface area contributed by atoms with Gasteiger partial charge >= 0.3 is 0 Å². The van der Waals surface area contributed by atoms with Crippen LogP contribution in [0.1, 0.15) is 26.2 Å². The number of hydrogen-bond acceptors (Lipinski definition) is 1. The first kappa shape index (κ1) is 6.47. The molecular formula is C10H17N. The van der Waals surface area contributed by atoms with Crippen LogP contribution in [0.3, 0.4) is 0 Å². The number of hydrogen-bond donors (Lipinski definition) is 1. The van der Waals surface area contributed by atoms with Crippen LogP contribution in [0.5, 0.6) is 0 Å². The van der Waals surface area contributed by atoms with Gasteiger partial charge in [0.05, 0.1) is 0 Å². The maximum absolute atomic E-state index is 3.57. The largest absolute Gasteiger partial charge is 0.316 e. The molecule has 2 bridgehead atoms. The van der Waals surface area contributed by atoms with Crippen LogP contribution in [0.2, 0.25) is 0 Å². The maximum Gasteiger partial charge on any atom is 0.00112 e. The van der Waals surface area contributed by atoms with Gasteiger partial charge < -0.3 is 5.32 Å². The summed E-state index contributed by atoms with van der Waals surface area (Å²) >= 11 is 0. The summed E-state index contributed by atoms with van der Waals surface area (Å²) in [7, 11) is 0. The van der Waals surface area contributed by atoms with Gasteiger partial charge in [0.1, 0.15) is 0 Å². The lowest BCUT2D eigenvalue weighted by atomic mass is 9.70. The molecule has 1 heteroatoms. The molecule has 0 amide bonds. The molecule has 1 nitrogen and oxygen atoms in total. The molecule has 3 rings (SSSR count). The van der Waals surface area contributed by atoms with Gasteiger partial charge in [-0.1, -0.05) is 6.92 Å². The molecule has 1 heterocycles. The maximum atomic E-state index is 3.57. The van der Waals surface area contributed by atoms with Crippen molar-refractivity contribution in [2.24, 2.45) is 23.2 Å². The van der Waals surface area contributed by atoms with Gasteiger partial charge in [-0.25, -0.2) is 0 Å². The first-order chi connectivity index (χ1) is 5.31. The first-order valence-corrected chi connectivity index (χ1v) is 5.01. The molecule has 2 aliphatic carbocycles. The third kappa shape index (κ3) is 0.618. The summed E-state index contributed by atoms with van der Waals surface area (Å²) in [4.78, 5) is 0. The van der Waals surface area contributed by atoms with Crippen LogP contribution >= 0.6 is 0 Å². The van der Waals surface area contributed by atoms with E-state index in [2.05, 4.69) is 12.2 Å². The van der Waals surface area contributed by atoms with Crippen LogP contribution in [0.25, 0.3) is 0 Å². The molecule has 0 aromatic rings. The van der Waals surface area contributed by atoms with Crippen molar-refractivity contribution in [2.75, 3.05) is 13.1 Å². The predicted octanol–water partition coefficient (Wildman–Crippen LogP) is 1.64. The SMILES string of the molecule is C[C@]12CNC[C@H]1[C@H]1CC[C@H]2C1. The second-order valence-corrected chi connectivity index (χ2v) is 5.01. The molecule has 11 heavy (non-hydrogen) atoms. The summed E-state index contributed by atoms with van der Waals surface area (Å²) in [5.41, 5.74) is 0.711. The zero-order valence-corrected chi connectivity index (χ0v) is 7.27. The topological polar surface area (TPSA) is 12.0 Å². The van der Waals surface area contributed by atoms with Crippen molar-refractivity contribution in [3.63, 3.8) is 0 Å². The van der Waals surface area contributed by atoms with Gasteiger partial charge in [0.25, 0.3) is 0 Å². The van der Waals surface area contributed by atoms with E-state index in [0.29, 0.717) is 5.41 Å². The highest BCUT2D eigenvalue weighted by Crippen LogP contribution is 2.60. The second kappa shape index (κ2) is 1.82. The van der Waals surface area contributed by atoms with E-state index >= 15 is 0 Å². The van der Waals surface area contributed by atoms with Crippen LogP contribution < -0.4 is 5.32 Å². The number of rotatable bonds is 0. The monoisotopic (exact) mass is 151 g/mol. The number of fused-ring (bicyclic) bond motifs is 5. The van der Waals surface area contributed by atoms with Crippen molar-refractivity contribution in [3.8, 4) is 0 Å². The Balaban J connectivity index is 2.00. The van der Waals surface area contributed by atoms with E-state index < -0.39 is 0 Å². The minimum absolute atomic E-state index is 0.711. The Bertz CT molecular complexity index is 189. The average Bonchev–Trinajstić information content (AvgIpc) is 2.54. The van der Waals surface area contributed by atoms with E-state index in [1.54, 1.807) is 6.42 Å². The Kier molecular flexibility index (Phi) is 1.07. The molecule has 3 aliphatic rings. The van der Waals surface area contributed by atoms with Gasteiger partial charge in [-0.2, -0.15) is 0 Å². The first-order valence-electron chi connectivity index (χ1n) is 5.01. The predicted molar refractivity (Wildman–Crippen MR) is 45.3 cm³/mol. The Morgan fingerprint density at radius 1 is 1.36 bits per heavy atom. The molecule has 0 radical (unpaired) electrons. The van der Waals surface area contributed by atoms with Gasteiger partial charge in [0.2, 0.25) is 0 Å². The summed E-state index contributed by atoms with van der Waals surface area (Å²) < 4.78 is 0. The molecule has 3 fully saturated rings. The zero-order chi connectivity index (χ0) is 7.47. The second-order valence-electron chi connectivity index (χ2n) is 5.01. The van der Waals surface area contributed by atoms with Gasteiger partial charge in [-0.05, 0) is 49.0 Å². The standard InChI is InChI=1S/C10H17N/c1-10-6-11-5-9(10)7-2-3-8(10)4-7/h7-9,11H,2-6H2,1H3/t7-,8-,9-,10+/m0/s1. The molecule has 62 valence electrons. The molecule has 1 aliphatic heterocycles. The van der Waals surface area contributed by atoms with Crippen LogP contribution in [0, 0.1) is 23.2 Å². The quantitative estimate of drug-likeness (QED) is 0.555. The fourth-order valence-electron chi connectivity index (χ4n) is 3.99. The minimum atomic E-state index is 0.711. The van der Waals surface area contributed by atoms with Crippen molar-refractivity contribution in [2.45, 2.75) is 26.2 Å². The zero-order valence-electron chi connectivity index (χ0n) is 7.27. The van der Waals surface area contributed by atoms with E-state index in [4.69, 9.17) is 0 Å². The summed E-state index contributed by atoms with van der Waals surface area (Å²) in [6.45, 7) is 5.14. The minimum Gasteiger partial charge on any atom is -0.316 e. The highest BCUT2D eigenvalue weighted by Gasteiger charge is 2.56. The smallest absolute Gasteiger partial charge is 0.00112 e. The van der Waals surface area contributed by atoms with Gasteiger partial charge in [-0.15, -0.1) is 0 Å². The van der Waals surface area contributed by atoms with Crippen LogP contribution in [0.4, 0.5) is 0 Å². The van der Waals surface area contributed by atoms with Crippen LogP contribution in [-0.4, -0.2) is 13.1 Å². The molecule has 0 unspecified atom stereocenters. The highest BCUT2D eigenvalue weighted by atomic mass is 15.0. The molecule has 2 saturated carbocycles. The van der Waals surface area contributed by atoms with E-state index in [9.17, 15) is 0 Å². The van der Waals surface area contributed by atoms with E-state index in [0.717, 1.165) is 17.8 Å². The summed E-state index contributed by atoms with van der Waals surface area (Å²) in [5.74, 6) is 3.22. The normalized spacial score (nSPS) is 60.3. The van der Waals surface area contributed by atoms with Gasteiger partial charge in [-0.3, -0.25) is 0 Å². The van der Waals surface area contributed by atoms with Crippen molar-refractivity contribution in [1.29, 1.82) is 0 Å². The molecule has 0 spiro atoms. The molecular weight excluding hydrogens is 134 g/mol. The lowest BCUT2D eigenvalue weighted by molar-refractivity contribution is 0.156. The Morgan fingerprint density at radius 3 is 3.09 bits per heavy atom.